The van der Waals surface area contributed by atoms with Crippen molar-refractivity contribution in [3.05, 3.63) is 0 Å². The average Bonchev–Trinajstić information content (AvgIpc) is 2.20. The summed E-state index contributed by atoms with van der Waals surface area (Å²) in [6.07, 6.45) is 0.870. The van der Waals surface area contributed by atoms with Gasteiger partial charge in [0.25, 0.3) is 0 Å². The van der Waals surface area contributed by atoms with Crippen LogP contribution in [-0.4, -0.2) is 50.1 Å². The molecule has 16 heavy (non-hydrogen) atoms. The third kappa shape index (κ3) is 3.81. The van der Waals surface area contributed by atoms with E-state index in [1.54, 1.807) is 12.0 Å². The van der Waals surface area contributed by atoms with Crippen LogP contribution in [0.25, 0.3) is 0 Å². The molecule has 0 bridgehead atoms. The Morgan fingerprint density at radius 1 is 1.44 bits per heavy atom. The van der Waals surface area contributed by atoms with Crippen LogP contribution in [0.5, 0.6) is 0 Å². The number of carbonyl (C=O) groups excluding carboxylic acids is 2. The van der Waals surface area contributed by atoms with Gasteiger partial charge in [-0.3, -0.25) is 9.59 Å². The lowest BCUT2D eigenvalue weighted by atomic mass is 9.89. The largest absolute Gasteiger partial charge is 0.385 e. The minimum absolute atomic E-state index is 0.00917. The number of rotatable bonds is 5. The number of piperazine rings is 1. The van der Waals surface area contributed by atoms with Gasteiger partial charge in [-0.15, -0.1) is 0 Å². The lowest BCUT2D eigenvalue weighted by molar-refractivity contribution is -0.142. The first kappa shape index (κ1) is 13.0. The van der Waals surface area contributed by atoms with Crippen molar-refractivity contribution in [1.82, 2.24) is 10.2 Å². The normalized spacial score (nSPS) is 17.6. The third-order valence-electron chi connectivity index (χ3n) is 2.73. The first-order valence-corrected chi connectivity index (χ1v) is 5.48. The number of hydrogen-bond acceptors (Lipinski definition) is 3. The molecule has 2 amide bonds. The van der Waals surface area contributed by atoms with Crippen molar-refractivity contribution in [2.24, 2.45) is 5.41 Å². The van der Waals surface area contributed by atoms with Crippen LogP contribution in [0.1, 0.15) is 20.3 Å². The van der Waals surface area contributed by atoms with Crippen molar-refractivity contribution in [3.8, 4) is 0 Å². The molecule has 0 spiro atoms. The summed E-state index contributed by atoms with van der Waals surface area (Å²) in [5.41, 5.74) is -0.0245. The van der Waals surface area contributed by atoms with Gasteiger partial charge in [0, 0.05) is 20.3 Å². The maximum absolute atomic E-state index is 11.6. The number of hydrogen-bond donors (Lipinski definition) is 1. The van der Waals surface area contributed by atoms with Crippen LogP contribution < -0.4 is 5.32 Å². The third-order valence-corrected chi connectivity index (χ3v) is 2.73. The van der Waals surface area contributed by atoms with Crippen molar-refractivity contribution in [3.63, 3.8) is 0 Å². The zero-order chi connectivity index (χ0) is 12.2. The molecule has 0 unspecified atom stereocenters. The number of methoxy groups -OCH3 is 1. The molecule has 0 aromatic rings. The Morgan fingerprint density at radius 3 is 2.75 bits per heavy atom. The molecule has 1 saturated heterocycles. The molecule has 1 aliphatic heterocycles. The van der Waals surface area contributed by atoms with Crippen LogP contribution >= 0.6 is 0 Å². The van der Waals surface area contributed by atoms with Crippen molar-refractivity contribution in [2.75, 3.05) is 33.4 Å². The summed E-state index contributed by atoms with van der Waals surface area (Å²) in [6, 6.07) is 0. The molecule has 1 heterocycles. The predicted molar refractivity (Wildman–Crippen MR) is 59.9 cm³/mol. The molecule has 1 fully saturated rings. The Bertz CT molecular complexity index is 276. The molecule has 5 heteroatoms. The molecule has 0 radical (unpaired) electrons. The van der Waals surface area contributed by atoms with E-state index in [1.165, 1.54) is 0 Å². The fourth-order valence-corrected chi connectivity index (χ4v) is 1.72. The lowest BCUT2D eigenvalue weighted by Gasteiger charge is -2.34. The molecule has 1 rings (SSSR count). The van der Waals surface area contributed by atoms with Crippen molar-refractivity contribution < 1.29 is 14.3 Å². The van der Waals surface area contributed by atoms with Gasteiger partial charge in [0.1, 0.15) is 0 Å². The zero-order valence-corrected chi connectivity index (χ0v) is 10.2. The highest BCUT2D eigenvalue weighted by Gasteiger charge is 2.28. The van der Waals surface area contributed by atoms with E-state index in [1.807, 2.05) is 0 Å². The maximum Gasteiger partial charge on any atom is 0.242 e. The van der Waals surface area contributed by atoms with Crippen LogP contribution in [-0.2, 0) is 14.3 Å². The van der Waals surface area contributed by atoms with Crippen LogP contribution in [0.3, 0.4) is 0 Å². The van der Waals surface area contributed by atoms with E-state index in [4.69, 9.17) is 4.74 Å². The molecule has 5 nitrogen and oxygen atoms in total. The van der Waals surface area contributed by atoms with Crippen LogP contribution in [0.4, 0.5) is 0 Å². The molecule has 92 valence electrons. The summed E-state index contributed by atoms with van der Waals surface area (Å²) in [5, 5.41) is 2.54. The van der Waals surface area contributed by atoms with Crippen molar-refractivity contribution in [2.45, 2.75) is 20.3 Å². The smallest absolute Gasteiger partial charge is 0.242 e. The second kappa shape index (κ2) is 5.30. The monoisotopic (exact) mass is 228 g/mol. The molecule has 1 N–H and O–H groups in total. The predicted octanol–water partition coefficient (Wildman–Crippen LogP) is 0.00750. The highest BCUT2D eigenvalue weighted by atomic mass is 16.5. The maximum atomic E-state index is 11.6. The molecular weight excluding hydrogens is 208 g/mol. The second-order valence-electron chi connectivity index (χ2n) is 4.93. The molecule has 0 aromatic carbocycles. The molecule has 0 aromatic heterocycles. The van der Waals surface area contributed by atoms with Gasteiger partial charge in [-0.1, -0.05) is 13.8 Å². The summed E-state index contributed by atoms with van der Waals surface area (Å²) < 4.78 is 5.03. The number of amides is 2. The lowest BCUT2D eigenvalue weighted by Crippen LogP contribution is -2.53. The van der Waals surface area contributed by atoms with E-state index >= 15 is 0 Å². The highest BCUT2D eigenvalue weighted by molar-refractivity contribution is 5.92. The Kier molecular flexibility index (Phi) is 4.29. The van der Waals surface area contributed by atoms with E-state index in [9.17, 15) is 9.59 Å². The fraction of sp³-hybridized carbons (Fsp3) is 0.818. The fourth-order valence-electron chi connectivity index (χ4n) is 1.72. The van der Waals surface area contributed by atoms with Gasteiger partial charge in [-0.05, 0) is 11.8 Å². The number of ether oxygens (including phenoxy) is 1. The number of nitrogens with zero attached hydrogens (tertiary/aromatic N) is 1. The van der Waals surface area contributed by atoms with Gasteiger partial charge in [0.05, 0.1) is 13.1 Å². The van der Waals surface area contributed by atoms with E-state index in [0.717, 1.165) is 6.42 Å². The summed E-state index contributed by atoms with van der Waals surface area (Å²) in [7, 11) is 1.66. The summed E-state index contributed by atoms with van der Waals surface area (Å²) in [5.74, 6) is -0.0905. The quantitative estimate of drug-likeness (QED) is 0.721. The van der Waals surface area contributed by atoms with Crippen LogP contribution in [0.2, 0.25) is 0 Å². The summed E-state index contributed by atoms with van der Waals surface area (Å²) in [6.45, 7) is 5.72. The zero-order valence-electron chi connectivity index (χ0n) is 10.2. The minimum Gasteiger partial charge on any atom is -0.385 e. The van der Waals surface area contributed by atoms with E-state index in [-0.39, 0.29) is 30.3 Å². The number of nitrogens with one attached hydrogen (secondary N) is 1. The average molecular weight is 228 g/mol. The van der Waals surface area contributed by atoms with Crippen molar-refractivity contribution >= 4 is 11.8 Å². The first-order valence-electron chi connectivity index (χ1n) is 5.48. The molecule has 0 atom stereocenters. The number of carbonyl (C=O) groups is 2. The second-order valence-corrected chi connectivity index (χ2v) is 4.93. The molecular formula is C11H20N2O3. The molecule has 0 saturated carbocycles. The van der Waals surface area contributed by atoms with Gasteiger partial charge in [0.15, 0.2) is 0 Å². The Balaban J connectivity index is 2.50. The SMILES string of the molecule is COCCC(C)(C)CN1CC(=O)NCC1=O. The van der Waals surface area contributed by atoms with Crippen LogP contribution in [0, 0.1) is 5.41 Å². The van der Waals surface area contributed by atoms with Gasteiger partial charge in [0.2, 0.25) is 11.8 Å². The Hall–Kier alpha value is -1.10. The van der Waals surface area contributed by atoms with Crippen molar-refractivity contribution in [1.29, 1.82) is 0 Å². The van der Waals surface area contributed by atoms with Gasteiger partial charge in [-0.2, -0.15) is 0 Å². The van der Waals surface area contributed by atoms with E-state index < -0.39 is 0 Å². The first-order chi connectivity index (χ1) is 7.44. The van der Waals surface area contributed by atoms with Gasteiger partial charge < -0.3 is 15.0 Å². The topological polar surface area (TPSA) is 58.6 Å². The summed E-state index contributed by atoms with van der Waals surface area (Å²) in [4.78, 5) is 24.4. The minimum atomic E-state index is -0.0814. The molecule has 1 aliphatic rings. The van der Waals surface area contributed by atoms with E-state index in [0.29, 0.717) is 13.2 Å². The van der Waals surface area contributed by atoms with Crippen LogP contribution in [0.15, 0.2) is 0 Å². The highest BCUT2D eigenvalue weighted by Crippen LogP contribution is 2.22. The summed E-state index contributed by atoms with van der Waals surface area (Å²) >= 11 is 0. The Labute approximate surface area is 96.1 Å². The van der Waals surface area contributed by atoms with E-state index in [2.05, 4.69) is 19.2 Å². The van der Waals surface area contributed by atoms with Gasteiger partial charge in [-0.25, -0.2) is 0 Å². The van der Waals surface area contributed by atoms with Gasteiger partial charge >= 0.3 is 0 Å². The Morgan fingerprint density at radius 2 is 2.12 bits per heavy atom. The molecule has 0 aliphatic carbocycles. The standard InChI is InChI=1S/C11H20N2O3/c1-11(2,4-5-16-3)8-13-7-9(14)12-6-10(13)15/h4-8H2,1-3H3,(H,12,14).